The summed E-state index contributed by atoms with van der Waals surface area (Å²) in [5.41, 5.74) is 0.505. The van der Waals surface area contributed by atoms with Crippen LogP contribution < -0.4 is 5.32 Å². The summed E-state index contributed by atoms with van der Waals surface area (Å²) in [6.45, 7) is 1.89. The number of benzene rings is 2. The zero-order valence-corrected chi connectivity index (χ0v) is 11.3. The third kappa shape index (κ3) is 2.96. The molecule has 2 rings (SSSR count). The largest absolute Gasteiger partial charge is 0.480 e. The van der Waals surface area contributed by atoms with Crippen LogP contribution in [0.3, 0.4) is 0 Å². The van der Waals surface area contributed by atoms with Gasteiger partial charge < -0.3 is 10.4 Å². The van der Waals surface area contributed by atoms with Crippen molar-refractivity contribution in [2.75, 3.05) is 0 Å². The molecule has 1 amide bonds. The Hall–Kier alpha value is -2.36. The Kier molecular flexibility index (Phi) is 4.35. The maximum Gasteiger partial charge on any atom is 0.326 e. The van der Waals surface area contributed by atoms with Gasteiger partial charge in [-0.2, -0.15) is 0 Å². The number of carboxylic acid groups (broad SMARTS) is 1. The van der Waals surface area contributed by atoms with Crippen molar-refractivity contribution in [3.05, 3.63) is 48.0 Å². The summed E-state index contributed by atoms with van der Waals surface area (Å²) in [7, 11) is 0. The maximum atomic E-state index is 12.3. The van der Waals surface area contributed by atoms with Gasteiger partial charge in [0.25, 0.3) is 5.91 Å². The molecule has 0 fully saturated rings. The molecule has 0 saturated carbocycles. The number of hydrogen-bond donors (Lipinski definition) is 2. The van der Waals surface area contributed by atoms with Crippen LogP contribution in [0, 0.1) is 0 Å². The summed E-state index contributed by atoms with van der Waals surface area (Å²) in [4.78, 5) is 23.4. The lowest BCUT2D eigenvalue weighted by atomic mass is 10.0. The second-order valence-corrected chi connectivity index (χ2v) is 4.68. The van der Waals surface area contributed by atoms with Crippen LogP contribution in [-0.2, 0) is 4.79 Å². The minimum absolute atomic E-state index is 0.345. The van der Waals surface area contributed by atoms with Crippen molar-refractivity contribution >= 4 is 22.6 Å². The number of fused-ring (bicyclic) bond motifs is 1. The van der Waals surface area contributed by atoms with E-state index < -0.39 is 12.0 Å². The van der Waals surface area contributed by atoms with Crippen molar-refractivity contribution in [1.82, 2.24) is 5.32 Å². The van der Waals surface area contributed by atoms with E-state index in [1.165, 1.54) is 0 Å². The maximum absolute atomic E-state index is 12.3. The van der Waals surface area contributed by atoms with Gasteiger partial charge in [0.1, 0.15) is 6.04 Å². The summed E-state index contributed by atoms with van der Waals surface area (Å²) in [5, 5.41) is 13.5. The minimum Gasteiger partial charge on any atom is -0.480 e. The van der Waals surface area contributed by atoms with E-state index in [0.717, 1.165) is 10.8 Å². The third-order valence-electron chi connectivity index (χ3n) is 3.22. The summed E-state index contributed by atoms with van der Waals surface area (Å²) in [6, 6.07) is 12.1. The van der Waals surface area contributed by atoms with Gasteiger partial charge in [-0.1, -0.05) is 49.7 Å². The Bertz CT molecular complexity index is 631. The molecule has 0 aliphatic heterocycles. The zero-order chi connectivity index (χ0) is 14.5. The van der Waals surface area contributed by atoms with Crippen LogP contribution in [0.25, 0.3) is 10.8 Å². The van der Waals surface area contributed by atoms with Crippen molar-refractivity contribution < 1.29 is 14.7 Å². The molecule has 20 heavy (non-hydrogen) atoms. The second-order valence-electron chi connectivity index (χ2n) is 4.68. The van der Waals surface area contributed by atoms with Crippen LogP contribution in [-0.4, -0.2) is 23.0 Å². The van der Waals surface area contributed by atoms with Crippen molar-refractivity contribution in [3.8, 4) is 0 Å². The first kappa shape index (κ1) is 14.1. The van der Waals surface area contributed by atoms with Gasteiger partial charge in [0.15, 0.2) is 0 Å². The molecule has 0 saturated heterocycles. The van der Waals surface area contributed by atoms with Gasteiger partial charge in [-0.05, 0) is 23.3 Å². The van der Waals surface area contributed by atoms with E-state index in [-0.39, 0.29) is 5.91 Å². The molecule has 0 heterocycles. The van der Waals surface area contributed by atoms with Gasteiger partial charge in [0.05, 0.1) is 0 Å². The van der Waals surface area contributed by atoms with Crippen LogP contribution in [0.5, 0.6) is 0 Å². The average molecular weight is 271 g/mol. The fraction of sp³-hybridized carbons (Fsp3) is 0.250. The van der Waals surface area contributed by atoms with Gasteiger partial charge in [-0.3, -0.25) is 4.79 Å². The molecule has 0 radical (unpaired) electrons. The quantitative estimate of drug-likeness (QED) is 0.878. The fourth-order valence-electron chi connectivity index (χ4n) is 2.21. The molecule has 4 nitrogen and oxygen atoms in total. The Morgan fingerprint density at radius 1 is 1.15 bits per heavy atom. The molecule has 0 unspecified atom stereocenters. The SMILES string of the molecule is CCC[C@H](NC(=O)c1cccc2ccccc12)C(=O)O. The predicted molar refractivity (Wildman–Crippen MR) is 77.7 cm³/mol. The fourth-order valence-corrected chi connectivity index (χ4v) is 2.21. The molecule has 0 aromatic heterocycles. The van der Waals surface area contributed by atoms with Crippen LogP contribution >= 0.6 is 0 Å². The molecule has 1 atom stereocenters. The number of carbonyl (C=O) groups excluding carboxylic acids is 1. The van der Waals surface area contributed by atoms with E-state index >= 15 is 0 Å². The molecule has 2 aromatic rings. The Balaban J connectivity index is 2.29. The van der Waals surface area contributed by atoms with E-state index in [4.69, 9.17) is 5.11 Å². The van der Waals surface area contributed by atoms with Crippen molar-refractivity contribution in [2.45, 2.75) is 25.8 Å². The Morgan fingerprint density at radius 2 is 1.85 bits per heavy atom. The standard InChI is InChI=1S/C16H17NO3/c1-2-6-14(16(19)20)17-15(18)13-10-5-8-11-7-3-4-9-12(11)13/h3-5,7-10,14H,2,6H2,1H3,(H,17,18)(H,19,20)/t14-/m0/s1. The molecule has 0 spiro atoms. The molecule has 2 aromatic carbocycles. The van der Waals surface area contributed by atoms with Crippen LogP contribution in [0.15, 0.2) is 42.5 Å². The molecule has 0 aliphatic carbocycles. The highest BCUT2D eigenvalue weighted by atomic mass is 16.4. The van der Waals surface area contributed by atoms with Crippen LogP contribution in [0.1, 0.15) is 30.1 Å². The smallest absolute Gasteiger partial charge is 0.326 e. The van der Waals surface area contributed by atoms with Crippen molar-refractivity contribution in [1.29, 1.82) is 0 Å². The van der Waals surface area contributed by atoms with E-state index in [2.05, 4.69) is 5.32 Å². The highest BCUT2D eigenvalue weighted by Gasteiger charge is 2.20. The first-order chi connectivity index (χ1) is 9.63. The van der Waals surface area contributed by atoms with Gasteiger partial charge in [-0.15, -0.1) is 0 Å². The van der Waals surface area contributed by atoms with E-state index in [1.54, 1.807) is 12.1 Å². The lowest BCUT2D eigenvalue weighted by Gasteiger charge is -2.14. The molecule has 4 heteroatoms. The zero-order valence-electron chi connectivity index (χ0n) is 11.3. The molecule has 104 valence electrons. The molecular formula is C16H17NO3. The Morgan fingerprint density at radius 3 is 2.55 bits per heavy atom. The molecular weight excluding hydrogens is 254 g/mol. The number of amides is 1. The number of carbonyl (C=O) groups is 2. The summed E-state index contributed by atoms with van der Waals surface area (Å²) < 4.78 is 0. The highest BCUT2D eigenvalue weighted by Crippen LogP contribution is 2.18. The van der Waals surface area contributed by atoms with Gasteiger partial charge >= 0.3 is 5.97 Å². The van der Waals surface area contributed by atoms with Crippen molar-refractivity contribution in [2.24, 2.45) is 0 Å². The second kappa shape index (κ2) is 6.19. The molecule has 0 bridgehead atoms. The number of hydrogen-bond acceptors (Lipinski definition) is 2. The molecule has 2 N–H and O–H groups in total. The predicted octanol–water partition coefficient (Wildman–Crippen LogP) is 2.82. The Labute approximate surface area is 117 Å². The summed E-state index contributed by atoms with van der Waals surface area (Å²) in [5.74, 6) is -1.34. The van der Waals surface area contributed by atoms with E-state index in [0.29, 0.717) is 18.4 Å². The normalized spacial score (nSPS) is 12.1. The van der Waals surface area contributed by atoms with Gasteiger partial charge in [-0.25, -0.2) is 4.79 Å². The van der Waals surface area contributed by atoms with Crippen molar-refractivity contribution in [3.63, 3.8) is 0 Å². The first-order valence-electron chi connectivity index (χ1n) is 6.65. The topological polar surface area (TPSA) is 66.4 Å². The number of carboxylic acids is 1. The van der Waals surface area contributed by atoms with E-state index in [1.807, 2.05) is 37.3 Å². The van der Waals surface area contributed by atoms with Gasteiger partial charge in [0, 0.05) is 5.56 Å². The highest BCUT2D eigenvalue weighted by molar-refractivity contribution is 6.07. The average Bonchev–Trinajstić information content (AvgIpc) is 2.46. The number of nitrogens with one attached hydrogen (secondary N) is 1. The monoisotopic (exact) mass is 271 g/mol. The molecule has 0 aliphatic rings. The van der Waals surface area contributed by atoms with Crippen LogP contribution in [0.2, 0.25) is 0 Å². The van der Waals surface area contributed by atoms with Crippen LogP contribution in [0.4, 0.5) is 0 Å². The number of aliphatic carboxylic acids is 1. The summed E-state index contributed by atoms with van der Waals surface area (Å²) in [6.07, 6.45) is 1.12. The van der Waals surface area contributed by atoms with Gasteiger partial charge in [0.2, 0.25) is 0 Å². The third-order valence-corrected chi connectivity index (χ3v) is 3.22. The summed E-state index contributed by atoms with van der Waals surface area (Å²) >= 11 is 0. The lowest BCUT2D eigenvalue weighted by Crippen LogP contribution is -2.40. The first-order valence-corrected chi connectivity index (χ1v) is 6.65. The minimum atomic E-state index is -1.000. The lowest BCUT2D eigenvalue weighted by molar-refractivity contribution is -0.139. The van der Waals surface area contributed by atoms with E-state index in [9.17, 15) is 9.59 Å². The number of rotatable bonds is 5.